The Kier molecular flexibility index (Phi) is 3.70. The monoisotopic (exact) mass is 285 g/mol. The van der Waals surface area contributed by atoms with Crippen molar-refractivity contribution in [1.29, 1.82) is 0 Å². The molecule has 0 aliphatic heterocycles. The highest BCUT2D eigenvalue weighted by Gasteiger charge is 2.25. The number of rotatable bonds is 3. The first kappa shape index (κ1) is 13.8. The molecule has 2 aromatic heterocycles. The fraction of sp³-hybridized carbons (Fsp3) is 0.400. The zero-order chi connectivity index (χ0) is 14.8. The molecular weight excluding hydrogens is 266 g/mol. The fourth-order valence-corrected chi connectivity index (χ4v) is 2.75. The molecule has 2 aromatic rings. The van der Waals surface area contributed by atoms with E-state index in [0.29, 0.717) is 11.4 Å². The normalized spacial score (nSPS) is 21.4. The minimum Gasteiger partial charge on any atom is -0.349 e. The Bertz CT molecular complexity index is 637. The summed E-state index contributed by atoms with van der Waals surface area (Å²) in [6, 6.07) is 5.97. The maximum Gasteiger partial charge on any atom is 0.254 e. The van der Waals surface area contributed by atoms with Gasteiger partial charge in [-0.1, -0.05) is 6.07 Å². The van der Waals surface area contributed by atoms with E-state index in [4.69, 9.17) is 5.73 Å². The molecule has 110 valence electrons. The van der Waals surface area contributed by atoms with Gasteiger partial charge in [-0.2, -0.15) is 5.10 Å². The molecule has 1 aliphatic rings. The average molecular weight is 285 g/mol. The number of aromatic nitrogens is 3. The van der Waals surface area contributed by atoms with Crippen molar-refractivity contribution < 1.29 is 4.79 Å². The quantitative estimate of drug-likeness (QED) is 0.887. The molecule has 0 bridgehead atoms. The van der Waals surface area contributed by atoms with Crippen LogP contribution in [0.1, 0.15) is 35.3 Å². The second-order valence-corrected chi connectivity index (χ2v) is 5.49. The Morgan fingerprint density at radius 2 is 2.29 bits per heavy atom. The van der Waals surface area contributed by atoms with Crippen molar-refractivity contribution in [3.05, 3.63) is 41.9 Å². The first-order valence-electron chi connectivity index (χ1n) is 7.17. The Morgan fingerprint density at radius 1 is 1.43 bits per heavy atom. The van der Waals surface area contributed by atoms with Gasteiger partial charge in [0.15, 0.2) is 5.82 Å². The summed E-state index contributed by atoms with van der Waals surface area (Å²) >= 11 is 0. The predicted octanol–water partition coefficient (Wildman–Crippen LogP) is 1.19. The van der Waals surface area contributed by atoms with E-state index in [2.05, 4.69) is 15.4 Å². The van der Waals surface area contributed by atoms with Gasteiger partial charge in [0.25, 0.3) is 5.91 Å². The van der Waals surface area contributed by atoms with Crippen LogP contribution in [-0.4, -0.2) is 32.8 Å². The Balaban J connectivity index is 1.77. The number of nitrogens with two attached hydrogens (primary N) is 1. The molecule has 3 rings (SSSR count). The van der Waals surface area contributed by atoms with Gasteiger partial charge < -0.3 is 11.1 Å². The number of amides is 1. The van der Waals surface area contributed by atoms with E-state index < -0.39 is 0 Å². The van der Waals surface area contributed by atoms with Gasteiger partial charge in [0.2, 0.25) is 0 Å². The number of hydrogen-bond acceptors (Lipinski definition) is 4. The number of nitrogens with zero attached hydrogens (tertiary/aromatic N) is 3. The third-order valence-electron chi connectivity index (χ3n) is 3.93. The van der Waals surface area contributed by atoms with Crippen LogP contribution in [0.5, 0.6) is 0 Å². The zero-order valence-corrected chi connectivity index (χ0v) is 12.0. The van der Waals surface area contributed by atoms with Crippen molar-refractivity contribution in [3.8, 4) is 5.82 Å². The first-order valence-corrected chi connectivity index (χ1v) is 7.17. The van der Waals surface area contributed by atoms with E-state index in [1.807, 2.05) is 25.1 Å². The summed E-state index contributed by atoms with van der Waals surface area (Å²) < 4.78 is 1.68. The largest absolute Gasteiger partial charge is 0.349 e. The second kappa shape index (κ2) is 5.65. The third kappa shape index (κ3) is 2.80. The molecule has 2 heterocycles. The van der Waals surface area contributed by atoms with Crippen LogP contribution in [0.15, 0.2) is 30.6 Å². The smallest absolute Gasteiger partial charge is 0.254 e. The van der Waals surface area contributed by atoms with Gasteiger partial charge in [0, 0.05) is 18.3 Å². The molecule has 0 aromatic carbocycles. The Hall–Kier alpha value is -2.21. The van der Waals surface area contributed by atoms with E-state index in [9.17, 15) is 4.79 Å². The summed E-state index contributed by atoms with van der Waals surface area (Å²) in [7, 11) is 0. The number of hydrogen-bond donors (Lipinski definition) is 2. The van der Waals surface area contributed by atoms with E-state index in [0.717, 1.165) is 25.0 Å². The lowest BCUT2D eigenvalue weighted by atomic mass is 10.2. The molecule has 0 saturated heterocycles. The van der Waals surface area contributed by atoms with Gasteiger partial charge in [0.05, 0.1) is 17.5 Å². The molecule has 0 spiro atoms. The van der Waals surface area contributed by atoms with E-state index in [1.165, 1.54) is 0 Å². The Labute approximate surface area is 123 Å². The standard InChI is InChI=1S/C15H19N5O/c1-10-13(15(21)19-12-6-5-11(16)8-12)9-18-20(10)14-4-2-3-7-17-14/h2-4,7,9,11-12H,5-6,8,16H2,1H3,(H,19,21)/t11-,12-/m1/s1. The van der Waals surface area contributed by atoms with E-state index in [1.54, 1.807) is 17.1 Å². The van der Waals surface area contributed by atoms with Gasteiger partial charge >= 0.3 is 0 Å². The first-order chi connectivity index (χ1) is 10.1. The molecule has 1 aliphatic carbocycles. The van der Waals surface area contributed by atoms with E-state index >= 15 is 0 Å². The van der Waals surface area contributed by atoms with Crippen molar-refractivity contribution in [2.24, 2.45) is 5.73 Å². The van der Waals surface area contributed by atoms with E-state index in [-0.39, 0.29) is 18.0 Å². The summed E-state index contributed by atoms with van der Waals surface area (Å²) in [6.07, 6.45) is 6.06. The van der Waals surface area contributed by atoms with Crippen LogP contribution < -0.4 is 11.1 Å². The molecule has 1 amide bonds. The van der Waals surface area contributed by atoms with Crippen LogP contribution in [-0.2, 0) is 0 Å². The van der Waals surface area contributed by atoms with Crippen LogP contribution in [0.4, 0.5) is 0 Å². The lowest BCUT2D eigenvalue weighted by Gasteiger charge is -2.12. The molecule has 0 unspecified atom stereocenters. The topological polar surface area (TPSA) is 85.8 Å². The number of pyridine rings is 1. The number of nitrogens with one attached hydrogen (secondary N) is 1. The second-order valence-electron chi connectivity index (χ2n) is 5.49. The van der Waals surface area contributed by atoms with Gasteiger partial charge in [-0.3, -0.25) is 4.79 Å². The van der Waals surface area contributed by atoms with Crippen molar-refractivity contribution >= 4 is 5.91 Å². The molecule has 2 atom stereocenters. The summed E-state index contributed by atoms with van der Waals surface area (Å²) in [5.74, 6) is 0.616. The van der Waals surface area contributed by atoms with Gasteiger partial charge in [-0.05, 0) is 38.3 Å². The maximum absolute atomic E-state index is 12.3. The fourth-order valence-electron chi connectivity index (χ4n) is 2.75. The predicted molar refractivity (Wildman–Crippen MR) is 79.2 cm³/mol. The summed E-state index contributed by atoms with van der Waals surface area (Å²) in [5, 5.41) is 7.30. The molecule has 6 heteroatoms. The maximum atomic E-state index is 12.3. The summed E-state index contributed by atoms with van der Waals surface area (Å²) in [4.78, 5) is 16.6. The molecule has 3 N–H and O–H groups in total. The Morgan fingerprint density at radius 3 is 2.95 bits per heavy atom. The highest BCUT2D eigenvalue weighted by atomic mass is 16.1. The van der Waals surface area contributed by atoms with Crippen LogP contribution in [0, 0.1) is 6.92 Å². The molecule has 21 heavy (non-hydrogen) atoms. The molecule has 1 saturated carbocycles. The lowest BCUT2D eigenvalue weighted by molar-refractivity contribution is 0.0937. The zero-order valence-electron chi connectivity index (χ0n) is 12.0. The highest BCUT2D eigenvalue weighted by Crippen LogP contribution is 2.18. The molecule has 0 radical (unpaired) electrons. The van der Waals surface area contributed by atoms with Crippen molar-refractivity contribution in [2.45, 2.75) is 38.3 Å². The van der Waals surface area contributed by atoms with Crippen molar-refractivity contribution in [1.82, 2.24) is 20.1 Å². The summed E-state index contributed by atoms with van der Waals surface area (Å²) in [5.41, 5.74) is 7.24. The number of carbonyl (C=O) groups is 1. The van der Waals surface area contributed by atoms with Gasteiger partial charge in [0.1, 0.15) is 0 Å². The highest BCUT2D eigenvalue weighted by molar-refractivity contribution is 5.95. The number of carbonyl (C=O) groups excluding carboxylic acids is 1. The molecule has 1 fully saturated rings. The van der Waals surface area contributed by atoms with Crippen LogP contribution in [0.25, 0.3) is 5.82 Å². The van der Waals surface area contributed by atoms with Crippen LogP contribution in [0.2, 0.25) is 0 Å². The van der Waals surface area contributed by atoms with Gasteiger partial charge in [-0.25, -0.2) is 9.67 Å². The summed E-state index contributed by atoms with van der Waals surface area (Å²) in [6.45, 7) is 1.87. The third-order valence-corrected chi connectivity index (χ3v) is 3.93. The average Bonchev–Trinajstić information content (AvgIpc) is 3.06. The van der Waals surface area contributed by atoms with Crippen LogP contribution >= 0.6 is 0 Å². The molecular formula is C15H19N5O. The van der Waals surface area contributed by atoms with Gasteiger partial charge in [-0.15, -0.1) is 0 Å². The van der Waals surface area contributed by atoms with Crippen LogP contribution in [0.3, 0.4) is 0 Å². The minimum absolute atomic E-state index is 0.0891. The molecule has 6 nitrogen and oxygen atoms in total. The van der Waals surface area contributed by atoms with Crippen molar-refractivity contribution in [3.63, 3.8) is 0 Å². The SMILES string of the molecule is Cc1c(C(=O)N[C@@H]2CC[C@@H](N)C2)cnn1-c1ccccn1. The minimum atomic E-state index is -0.0891. The lowest BCUT2D eigenvalue weighted by Crippen LogP contribution is -2.34. The van der Waals surface area contributed by atoms with Crippen molar-refractivity contribution in [2.75, 3.05) is 0 Å².